The number of nitrogens with one attached hydrogen (secondary N) is 1. The van der Waals surface area contributed by atoms with Crippen molar-refractivity contribution in [3.8, 4) is 0 Å². The maximum atomic E-state index is 5.68. The molecule has 0 saturated heterocycles. The predicted molar refractivity (Wildman–Crippen MR) is 81.3 cm³/mol. The molecule has 3 N–H and O–H groups in total. The standard InChI is InChI=1S/C15H21N3S/c1-10-5-4-6-13(7-10)8-14(18-16)9-15-17-11(2)12(3)19-15/h4-7,14,18H,8-9,16H2,1-3H3. The Labute approximate surface area is 118 Å². The molecule has 19 heavy (non-hydrogen) atoms. The van der Waals surface area contributed by atoms with E-state index < -0.39 is 0 Å². The van der Waals surface area contributed by atoms with Crippen LogP contribution in [0.5, 0.6) is 0 Å². The number of rotatable bonds is 5. The Balaban J connectivity index is 2.04. The van der Waals surface area contributed by atoms with Crippen LogP contribution in [0.4, 0.5) is 0 Å². The summed E-state index contributed by atoms with van der Waals surface area (Å²) in [5.74, 6) is 5.68. The number of thiazole rings is 1. The molecule has 0 aliphatic heterocycles. The molecule has 0 aliphatic rings. The molecule has 1 heterocycles. The highest BCUT2D eigenvalue weighted by Gasteiger charge is 2.12. The van der Waals surface area contributed by atoms with Crippen LogP contribution < -0.4 is 11.3 Å². The first-order chi connectivity index (χ1) is 9.08. The molecule has 1 atom stereocenters. The van der Waals surface area contributed by atoms with Gasteiger partial charge in [0.1, 0.15) is 0 Å². The van der Waals surface area contributed by atoms with Gasteiger partial charge in [0.05, 0.1) is 10.7 Å². The number of hydrazine groups is 1. The Kier molecular flexibility index (Phi) is 4.69. The molecule has 0 aliphatic carbocycles. The van der Waals surface area contributed by atoms with Crippen molar-refractivity contribution in [1.29, 1.82) is 0 Å². The highest BCUT2D eigenvalue weighted by molar-refractivity contribution is 7.11. The van der Waals surface area contributed by atoms with Crippen LogP contribution >= 0.6 is 11.3 Å². The van der Waals surface area contributed by atoms with Gasteiger partial charge in [0.25, 0.3) is 0 Å². The molecule has 2 aromatic rings. The van der Waals surface area contributed by atoms with Gasteiger partial charge in [0.2, 0.25) is 0 Å². The van der Waals surface area contributed by atoms with Gasteiger partial charge < -0.3 is 0 Å². The third kappa shape index (κ3) is 3.86. The van der Waals surface area contributed by atoms with E-state index in [0.717, 1.165) is 23.5 Å². The van der Waals surface area contributed by atoms with Crippen LogP contribution in [0.25, 0.3) is 0 Å². The molecule has 1 aromatic carbocycles. The lowest BCUT2D eigenvalue weighted by molar-refractivity contribution is 0.521. The molecule has 102 valence electrons. The molecule has 2 rings (SSSR count). The lowest BCUT2D eigenvalue weighted by Gasteiger charge is -2.14. The molecule has 0 fully saturated rings. The average molecular weight is 275 g/mol. The number of hydrogen-bond acceptors (Lipinski definition) is 4. The largest absolute Gasteiger partial charge is 0.271 e. The second-order valence-corrected chi connectivity index (χ2v) is 6.30. The van der Waals surface area contributed by atoms with E-state index in [1.54, 1.807) is 11.3 Å². The number of nitrogens with two attached hydrogens (primary N) is 1. The number of benzene rings is 1. The molecule has 1 unspecified atom stereocenters. The first-order valence-electron chi connectivity index (χ1n) is 6.53. The number of nitrogens with zero attached hydrogens (tertiary/aromatic N) is 1. The van der Waals surface area contributed by atoms with Crippen LogP contribution in [-0.2, 0) is 12.8 Å². The average Bonchev–Trinajstić information content (AvgIpc) is 2.67. The maximum absolute atomic E-state index is 5.68. The lowest BCUT2D eigenvalue weighted by Crippen LogP contribution is -2.38. The highest BCUT2D eigenvalue weighted by atomic mass is 32.1. The third-order valence-corrected chi connectivity index (χ3v) is 4.39. The molecular formula is C15H21N3S. The third-order valence-electron chi connectivity index (χ3n) is 3.29. The van der Waals surface area contributed by atoms with E-state index in [9.17, 15) is 0 Å². The van der Waals surface area contributed by atoms with E-state index in [1.165, 1.54) is 16.0 Å². The second-order valence-electron chi connectivity index (χ2n) is 5.01. The van der Waals surface area contributed by atoms with E-state index in [-0.39, 0.29) is 6.04 Å². The van der Waals surface area contributed by atoms with E-state index in [1.807, 2.05) is 0 Å². The summed E-state index contributed by atoms with van der Waals surface area (Å²) in [6, 6.07) is 8.79. The zero-order chi connectivity index (χ0) is 13.8. The fraction of sp³-hybridized carbons (Fsp3) is 0.400. The van der Waals surface area contributed by atoms with Crippen LogP contribution in [0.1, 0.15) is 26.7 Å². The number of hydrogen-bond donors (Lipinski definition) is 2. The summed E-state index contributed by atoms with van der Waals surface area (Å²) in [4.78, 5) is 5.87. The summed E-state index contributed by atoms with van der Waals surface area (Å²) in [6.45, 7) is 6.28. The van der Waals surface area contributed by atoms with Gasteiger partial charge in [-0.05, 0) is 32.8 Å². The van der Waals surface area contributed by atoms with Crippen LogP contribution in [0.3, 0.4) is 0 Å². The lowest BCUT2D eigenvalue weighted by atomic mass is 10.0. The summed E-state index contributed by atoms with van der Waals surface area (Å²) in [7, 11) is 0. The molecule has 0 amide bonds. The molecule has 3 nitrogen and oxygen atoms in total. The summed E-state index contributed by atoms with van der Waals surface area (Å²) in [5.41, 5.74) is 6.64. The summed E-state index contributed by atoms with van der Waals surface area (Å²) >= 11 is 1.77. The molecule has 0 saturated carbocycles. The highest BCUT2D eigenvalue weighted by Crippen LogP contribution is 2.19. The quantitative estimate of drug-likeness (QED) is 0.651. The first kappa shape index (κ1) is 14.2. The van der Waals surface area contributed by atoms with Crippen LogP contribution in [0.2, 0.25) is 0 Å². The Bertz CT molecular complexity index is 529. The number of aromatic nitrogens is 1. The normalized spacial score (nSPS) is 12.6. The van der Waals surface area contributed by atoms with E-state index in [2.05, 4.69) is 55.4 Å². The van der Waals surface area contributed by atoms with Crippen LogP contribution in [-0.4, -0.2) is 11.0 Å². The summed E-state index contributed by atoms with van der Waals surface area (Å²) in [6.07, 6.45) is 1.81. The second kappa shape index (κ2) is 6.28. The van der Waals surface area contributed by atoms with Crippen molar-refractivity contribution in [2.75, 3.05) is 0 Å². The Morgan fingerprint density at radius 2 is 2.05 bits per heavy atom. The topological polar surface area (TPSA) is 50.9 Å². The fourth-order valence-corrected chi connectivity index (χ4v) is 3.16. The Morgan fingerprint density at radius 1 is 1.26 bits per heavy atom. The molecule has 0 radical (unpaired) electrons. The van der Waals surface area contributed by atoms with Gasteiger partial charge in [0, 0.05) is 17.3 Å². The van der Waals surface area contributed by atoms with Crippen molar-refractivity contribution < 1.29 is 0 Å². The van der Waals surface area contributed by atoms with Crippen molar-refractivity contribution in [3.63, 3.8) is 0 Å². The minimum atomic E-state index is 0.228. The zero-order valence-electron chi connectivity index (χ0n) is 11.7. The number of aryl methyl sites for hydroxylation is 3. The zero-order valence-corrected chi connectivity index (χ0v) is 12.6. The first-order valence-corrected chi connectivity index (χ1v) is 7.34. The van der Waals surface area contributed by atoms with Crippen LogP contribution in [0, 0.1) is 20.8 Å². The summed E-state index contributed by atoms with van der Waals surface area (Å²) in [5, 5.41) is 1.16. The molecule has 1 aromatic heterocycles. The molecule has 4 heteroatoms. The van der Waals surface area contributed by atoms with Crippen molar-refractivity contribution in [1.82, 2.24) is 10.4 Å². The summed E-state index contributed by atoms with van der Waals surface area (Å²) < 4.78 is 0. The SMILES string of the molecule is Cc1cccc(CC(Cc2nc(C)c(C)s2)NN)c1. The van der Waals surface area contributed by atoms with E-state index in [4.69, 9.17) is 5.84 Å². The minimum Gasteiger partial charge on any atom is -0.271 e. The Hall–Kier alpha value is -1.23. The van der Waals surface area contributed by atoms with Crippen molar-refractivity contribution >= 4 is 11.3 Å². The van der Waals surface area contributed by atoms with E-state index in [0.29, 0.717) is 0 Å². The van der Waals surface area contributed by atoms with Crippen molar-refractivity contribution in [2.24, 2.45) is 5.84 Å². The van der Waals surface area contributed by atoms with E-state index >= 15 is 0 Å². The van der Waals surface area contributed by atoms with Crippen molar-refractivity contribution in [3.05, 3.63) is 51.0 Å². The van der Waals surface area contributed by atoms with Crippen LogP contribution in [0.15, 0.2) is 24.3 Å². The van der Waals surface area contributed by atoms with Gasteiger partial charge in [-0.3, -0.25) is 11.3 Å². The fourth-order valence-electron chi connectivity index (χ4n) is 2.15. The minimum absolute atomic E-state index is 0.228. The van der Waals surface area contributed by atoms with Gasteiger partial charge in [0.15, 0.2) is 0 Å². The predicted octanol–water partition coefficient (Wildman–Crippen LogP) is 2.69. The van der Waals surface area contributed by atoms with Gasteiger partial charge >= 0.3 is 0 Å². The Morgan fingerprint density at radius 3 is 2.63 bits per heavy atom. The maximum Gasteiger partial charge on any atom is 0.0947 e. The van der Waals surface area contributed by atoms with Crippen molar-refractivity contribution in [2.45, 2.75) is 39.7 Å². The monoisotopic (exact) mass is 275 g/mol. The molecule has 0 bridgehead atoms. The van der Waals surface area contributed by atoms with Gasteiger partial charge in [-0.2, -0.15) is 0 Å². The molecule has 0 spiro atoms. The smallest absolute Gasteiger partial charge is 0.0947 e. The molecular weight excluding hydrogens is 254 g/mol. The van der Waals surface area contributed by atoms with Gasteiger partial charge in [-0.1, -0.05) is 29.8 Å². The van der Waals surface area contributed by atoms with Gasteiger partial charge in [-0.25, -0.2) is 4.98 Å². The van der Waals surface area contributed by atoms with Gasteiger partial charge in [-0.15, -0.1) is 11.3 Å².